The van der Waals surface area contributed by atoms with Gasteiger partial charge in [-0.25, -0.2) is 4.98 Å². The Labute approximate surface area is 337 Å². The fraction of sp³-hybridized carbons (Fsp3) is 0.417. The molecule has 0 N–H and O–H groups in total. The zero-order chi connectivity index (χ0) is 37.8. The summed E-state index contributed by atoms with van der Waals surface area (Å²) in [4.78, 5) is 4.85. The second-order valence-corrected chi connectivity index (χ2v) is 17.6. The monoisotopic (exact) mass is 899 g/mol. The number of unbranched alkanes of at least 4 members (excludes halogenated alkanes) is 1. The Bertz CT molecular complexity index is 2330. The van der Waals surface area contributed by atoms with Crippen molar-refractivity contribution in [3.8, 4) is 23.0 Å². The molecular weight excluding hydrogens is 844 g/mol. The van der Waals surface area contributed by atoms with Crippen molar-refractivity contribution in [3.63, 3.8) is 0 Å². The number of nitrogens with zero attached hydrogens (tertiary/aromatic N) is 4. The van der Waals surface area contributed by atoms with Crippen molar-refractivity contribution in [1.82, 2.24) is 19.3 Å². The van der Waals surface area contributed by atoms with Gasteiger partial charge in [-0.2, -0.15) is 11.2 Å². The molecule has 0 amide bonds. The zero-order valence-electron chi connectivity index (χ0n) is 34.0. The van der Waals surface area contributed by atoms with Crippen molar-refractivity contribution in [3.05, 3.63) is 119 Å². The number of hydrogen-bond donors (Lipinski definition) is 0. The van der Waals surface area contributed by atoms with E-state index in [2.05, 4.69) is 158 Å². The smallest absolute Gasteiger partial charge is 0.509 e. The number of fused-ring (bicyclic) bond motifs is 3. The minimum atomic E-state index is -0.152. The molecule has 0 radical (unpaired) electrons. The van der Waals surface area contributed by atoms with Crippen LogP contribution in [0.5, 0.6) is 11.5 Å². The molecule has 3 aromatic heterocycles. The van der Waals surface area contributed by atoms with Crippen molar-refractivity contribution in [2.45, 2.75) is 119 Å². The molecule has 7 rings (SSSR count). The standard InChI is InChI=1S/C48H56N4O.Pt/c1-12-13-16-34-21-22-49-43(25-34)51-41-18-15-14-17-39(41)40-20-19-37(29-42(40)51)53-38-27-35(47(6,7)8)26-36(28-38)52-46(48(9,10)11)45(33(5)50-52)44-31(3)23-30(2)24-32(44)4;/h14-15,17-23,25-27,30,32,44H,12-13,16,24H2,1-11H3;/q-2;+2/t30-,32-,44?;/m0./s1. The predicted molar refractivity (Wildman–Crippen MR) is 220 cm³/mol. The number of rotatable bonds is 8. The van der Waals surface area contributed by atoms with Crippen LogP contribution < -0.4 is 4.74 Å². The SMILES string of the molecule is CCCCc1ccnc(-n2c3[c-]c(Oc4[c-]c(-n5nc(C)c(C6C(C)=C[C@H](C)C[C@@H]6C)c5C(C)(C)C)cc(C(C)(C)C)c4)ccc3c3ccccc32)c1.[Pt+2]. The second-order valence-electron chi connectivity index (χ2n) is 17.6. The van der Waals surface area contributed by atoms with E-state index in [4.69, 9.17) is 14.8 Å². The molecule has 0 fully saturated rings. The summed E-state index contributed by atoms with van der Waals surface area (Å²) in [5, 5.41) is 7.59. The van der Waals surface area contributed by atoms with Gasteiger partial charge >= 0.3 is 21.1 Å². The summed E-state index contributed by atoms with van der Waals surface area (Å²) in [6.07, 6.45) is 8.92. The number of benzene rings is 3. The number of aryl methyl sites for hydroxylation is 2. The summed E-state index contributed by atoms with van der Waals surface area (Å²) in [7, 11) is 0. The van der Waals surface area contributed by atoms with Crippen LogP contribution >= 0.6 is 0 Å². The number of pyridine rings is 1. The Morgan fingerprint density at radius 1 is 0.870 bits per heavy atom. The first kappa shape index (κ1) is 39.7. The van der Waals surface area contributed by atoms with Crippen LogP contribution in [0.2, 0.25) is 0 Å². The van der Waals surface area contributed by atoms with E-state index in [-0.39, 0.29) is 31.9 Å². The van der Waals surface area contributed by atoms with Crippen LogP contribution in [-0.4, -0.2) is 19.3 Å². The van der Waals surface area contributed by atoms with Crippen molar-refractivity contribution < 1.29 is 25.8 Å². The molecule has 3 aromatic carbocycles. The van der Waals surface area contributed by atoms with Crippen LogP contribution in [0.3, 0.4) is 0 Å². The summed E-state index contributed by atoms with van der Waals surface area (Å²) < 4.78 is 11.2. The molecule has 6 heteroatoms. The first-order valence-electron chi connectivity index (χ1n) is 19.6. The van der Waals surface area contributed by atoms with Gasteiger partial charge in [0, 0.05) is 40.1 Å². The van der Waals surface area contributed by atoms with Gasteiger partial charge in [0.25, 0.3) is 0 Å². The molecule has 3 heterocycles. The normalized spacial score (nSPS) is 17.8. The molecule has 1 aliphatic carbocycles. The van der Waals surface area contributed by atoms with E-state index in [1.165, 1.54) is 34.2 Å². The quantitative estimate of drug-likeness (QED) is 0.113. The van der Waals surface area contributed by atoms with Crippen LogP contribution in [0, 0.1) is 30.9 Å². The Kier molecular flexibility index (Phi) is 11.3. The molecule has 1 aliphatic rings. The van der Waals surface area contributed by atoms with Crippen LogP contribution in [0.4, 0.5) is 0 Å². The van der Waals surface area contributed by atoms with E-state index in [9.17, 15) is 0 Å². The summed E-state index contributed by atoms with van der Waals surface area (Å²) in [5.41, 5.74) is 10.3. The molecule has 3 atom stereocenters. The average Bonchev–Trinajstić information content (AvgIpc) is 3.61. The average molecular weight is 900 g/mol. The molecule has 6 aromatic rings. The first-order chi connectivity index (χ1) is 25.1. The predicted octanol–water partition coefficient (Wildman–Crippen LogP) is 12.7. The van der Waals surface area contributed by atoms with E-state index < -0.39 is 0 Å². The van der Waals surface area contributed by atoms with Gasteiger partial charge in [0.1, 0.15) is 5.82 Å². The minimum absolute atomic E-state index is 0. The molecule has 54 heavy (non-hydrogen) atoms. The topological polar surface area (TPSA) is 44.9 Å². The third-order valence-electron chi connectivity index (χ3n) is 11.0. The van der Waals surface area contributed by atoms with Crippen molar-refractivity contribution >= 4 is 21.8 Å². The molecular formula is C48H56N4OPt. The third-order valence-corrected chi connectivity index (χ3v) is 11.0. The Morgan fingerprint density at radius 3 is 2.33 bits per heavy atom. The van der Waals surface area contributed by atoms with Crippen molar-refractivity contribution in [2.24, 2.45) is 11.8 Å². The molecule has 0 spiro atoms. The molecule has 284 valence electrons. The first-order valence-corrected chi connectivity index (χ1v) is 19.6. The fourth-order valence-corrected chi connectivity index (χ4v) is 8.65. The van der Waals surface area contributed by atoms with Gasteiger partial charge in [-0.15, -0.1) is 41.3 Å². The zero-order valence-corrected chi connectivity index (χ0v) is 36.3. The summed E-state index contributed by atoms with van der Waals surface area (Å²) in [5.74, 6) is 3.65. The molecule has 0 saturated carbocycles. The van der Waals surface area contributed by atoms with Gasteiger partial charge in [0.05, 0.1) is 11.4 Å². The van der Waals surface area contributed by atoms with Crippen LogP contribution in [-0.2, 0) is 38.3 Å². The number of aromatic nitrogens is 4. The van der Waals surface area contributed by atoms with Gasteiger partial charge in [0.2, 0.25) is 0 Å². The van der Waals surface area contributed by atoms with Crippen LogP contribution in [0.25, 0.3) is 33.3 Å². The van der Waals surface area contributed by atoms with E-state index >= 15 is 0 Å². The number of hydrogen-bond acceptors (Lipinski definition) is 3. The van der Waals surface area contributed by atoms with E-state index in [0.717, 1.165) is 58.4 Å². The van der Waals surface area contributed by atoms with Crippen LogP contribution in [0.1, 0.15) is 122 Å². The summed E-state index contributed by atoms with van der Waals surface area (Å²) >= 11 is 0. The Balaban J connectivity index is 0.00000497. The number of ether oxygens (including phenoxy) is 1. The third kappa shape index (κ3) is 7.63. The Morgan fingerprint density at radius 2 is 1.63 bits per heavy atom. The van der Waals surface area contributed by atoms with E-state index in [0.29, 0.717) is 29.3 Å². The van der Waals surface area contributed by atoms with E-state index in [1.807, 2.05) is 12.3 Å². The minimum Gasteiger partial charge on any atom is -0.509 e. The maximum absolute atomic E-state index is 6.78. The van der Waals surface area contributed by atoms with Gasteiger partial charge in [-0.05, 0) is 85.2 Å². The van der Waals surface area contributed by atoms with Crippen molar-refractivity contribution in [1.29, 1.82) is 0 Å². The number of allylic oxidation sites excluding steroid dienone is 2. The fourth-order valence-electron chi connectivity index (χ4n) is 8.65. The van der Waals surface area contributed by atoms with Gasteiger partial charge in [-0.3, -0.25) is 4.68 Å². The molecule has 0 bridgehead atoms. The molecule has 0 saturated heterocycles. The summed E-state index contributed by atoms with van der Waals surface area (Å²) in [6.45, 7) is 25.1. The Hall–Kier alpha value is -3.95. The van der Waals surface area contributed by atoms with Crippen LogP contribution in [0.15, 0.2) is 78.5 Å². The summed E-state index contributed by atoms with van der Waals surface area (Å²) in [6, 6.07) is 28.8. The van der Waals surface area contributed by atoms with Gasteiger partial charge in [0.15, 0.2) is 0 Å². The second kappa shape index (κ2) is 15.3. The van der Waals surface area contributed by atoms with Gasteiger partial charge < -0.3 is 9.30 Å². The van der Waals surface area contributed by atoms with E-state index in [1.54, 1.807) is 0 Å². The van der Waals surface area contributed by atoms with Crippen molar-refractivity contribution in [2.75, 3.05) is 0 Å². The maximum Gasteiger partial charge on any atom is 2.00 e. The van der Waals surface area contributed by atoms with Gasteiger partial charge in [-0.1, -0.05) is 104 Å². The largest absolute Gasteiger partial charge is 2.00 e. The molecule has 5 nitrogen and oxygen atoms in total. The molecule has 1 unspecified atom stereocenters. The maximum atomic E-state index is 6.78. The number of para-hydroxylation sites is 1. The molecule has 0 aliphatic heterocycles.